The second kappa shape index (κ2) is 43.5. The third kappa shape index (κ3) is 43.4. The van der Waals surface area contributed by atoms with Crippen molar-refractivity contribution < 1.29 is 28.6 Å². The van der Waals surface area contributed by atoms with Crippen LogP contribution in [0.3, 0.4) is 0 Å². The molecule has 0 heterocycles. The summed E-state index contributed by atoms with van der Waals surface area (Å²) >= 11 is 0. The van der Waals surface area contributed by atoms with Gasteiger partial charge in [-0.1, -0.05) is 233 Å². The summed E-state index contributed by atoms with van der Waals surface area (Å²) in [5, 5.41) is 0. The molecule has 0 bridgehead atoms. The number of rotatable bonds is 44. The second-order valence-electron chi connectivity index (χ2n) is 17.2. The summed E-state index contributed by atoms with van der Waals surface area (Å²) < 4.78 is 16.7. The van der Waals surface area contributed by atoms with E-state index in [0.717, 1.165) is 63.7 Å². The van der Waals surface area contributed by atoms with Gasteiger partial charge >= 0.3 is 17.9 Å². The van der Waals surface area contributed by atoms with Gasteiger partial charge in [0.15, 0.2) is 6.10 Å². The first-order chi connectivity index (χ1) is 26.9. The maximum atomic E-state index is 12.7. The zero-order valence-corrected chi connectivity index (χ0v) is 37.4. The number of unbranched alkanes of at least 4 members (excludes halogenated alkanes) is 31. The minimum absolute atomic E-state index is 0.0635. The summed E-state index contributed by atoms with van der Waals surface area (Å²) in [6, 6.07) is 0. The van der Waals surface area contributed by atoms with Crippen LogP contribution in [0.25, 0.3) is 0 Å². The molecular weight excluding hydrogens is 685 g/mol. The summed E-state index contributed by atoms with van der Waals surface area (Å²) in [5.41, 5.74) is 0. The van der Waals surface area contributed by atoms with Crippen LogP contribution >= 0.6 is 0 Å². The van der Waals surface area contributed by atoms with E-state index in [9.17, 15) is 14.4 Å². The van der Waals surface area contributed by atoms with E-state index in [1.54, 1.807) is 0 Å². The quantitative estimate of drug-likeness (QED) is 0.0348. The van der Waals surface area contributed by atoms with Crippen LogP contribution in [-0.2, 0) is 28.6 Å². The van der Waals surface area contributed by atoms with E-state index < -0.39 is 6.10 Å². The summed E-state index contributed by atoms with van der Waals surface area (Å²) in [6.45, 7) is 8.98. The van der Waals surface area contributed by atoms with Crippen LogP contribution in [0.15, 0.2) is 0 Å². The van der Waals surface area contributed by atoms with Crippen molar-refractivity contribution in [3.05, 3.63) is 0 Å². The molecule has 0 fully saturated rings. The molecule has 0 saturated heterocycles. The van der Waals surface area contributed by atoms with E-state index in [4.69, 9.17) is 14.2 Å². The summed E-state index contributed by atoms with van der Waals surface area (Å²) in [7, 11) is 0. The van der Waals surface area contributed by atoms with Gasteiger partial charge in [-0.05, 0) is 25.2 Å². The van der Waals surface area contributed by atoms with E-state index in [1.807, 2.05) is 0 Å². The molecule has 55 heavy (non-hydrogen) atoms. The fourth-order valence-electron chi connectivity index (χ4n) is 7.33. The first-order valence-corrected chi connectivity index (χ1v) is 24.4. The van der Waals surface area contributed by atoms with Gasteiger partial charge in [-0.15, -0.1) is 0 Å². The third-order valence-electron chi connectivity index (χ3n) is 11.0. The van der Waals surface area contributed by atoms with Crippen molar-refractivity contribution >= 4 is 17.9 Å². The molecule has 0 aromatic rings. The maximum Gasteiger partial charge on any atom is 0.306 e. The monoisotopic (exact) mass is 779 g/mol. The highest BCUT2D eigenvalue weighted by molar-refractivity contribution is 5.71. The van der Waals surface area contributed by atoms with E-state index in [1.165, 1.54) is 167 Å². The number of esters is 3. The lowest BCUT2D eigenvalue weighted by molar-refractivity contribution is -0.167. The fraction of sp³-hybridized carbons (Fsp3) is 0.939. The van der Waals surface area contributed by atoms with Crippen LogP contribution < -0.4 is 0 Å². The molecule has 6 nitrogen and oxygen atoms in total. The molecule has 0 saturated carbocycles. The molecule has 0 rings (SSSR count). The second-order valence-corrected chi connectivity index (χ2v) is 17.2. The van der Waals surface area contributed by atoms with Crippen molar-refractivity contribution in [2.24, 2.45) is 5.92 Å². The third-order valence-corrected chi connectivity index (χ3v) is 11.0. The number of carbonyl (C=O) groups is 3. The lowest BCUT2D eigenvalue weighted by Crippen LogP contribution is -2.30. The highest BCUT2D eigenvalue weighted by Crippen LogP contribution is 2.17. The molecule has 0 aromatic heterocycles. The van der Waals surface area contributed by atoms with Gasteiger partial charge in [0.1, 0.15) is 13.2 Å². The Morgan fingerprint density at radius 1 is 0.345 bits per heavy atom. The Labute approximate surface area is 342 Å². The first-order valence-electron chi connectivity index (χ1n) is 24.4. The minimum atomic E-state index is -0.758. The summed E-state index contributed by atoms with van der Waals surface area (Å²) in [4.78, 5) is 37.7. The van der Waals surface area contributed by atoms with Crippen molar-refractivity contribution in [1.82, 2.24) is 0 Å². The lowest BCUT2D eigenvalue weighted by atomic mass is 10.0. The Hall–Kier alpha value is -1.59. The average Bonchev–Trinajstić information content (AvgIpc) is 3.17. The molecular formula is C49H94O6. The molecule has 0 amide bonds. The Kier molecular flexibility index (Phi) is 42.3. The molecule has 0 unspecified atom stereocenters. The Morgan fingerprint density at radius 2 is 0.600 bits per heavy atom. The normalized spacial score (nSPS) is 11.9. The van der Waals surface area contributed by atoms with Crippen LogP contribution in [-0.4, -0.2) is 37.2 Å². The van der Waals surface area contributed by atoms with Gasteiger partial charge < -0.3 is 14.2 Å². The van der Waals surface area contributed by atoms with Crippen molar-refractivity contribution in [2.45, 2.75) is 278 Å². The minimum Gasteiger partial charge on any atom is -0.462 e. The molecule has 0 radical (unpaired) electrons. The molecule has 0 aliphatic carbocycles. The average molecular weight is 779 g/mol. The van der Waals surface area contributed by atoms with Gasteiger partial charge in [-0.3, -0.25) is 14.4 Å². The van der Waals surface area contributed by atoms with Crippen molar-refractivity contribution in [3.8, 4) is 0 Å². The largest absolute Gasteiger partial charge is 0.462 e. The lowest BCUT2D eigenvalue weighted by Gasteiger charge is -2.18. The molecule has 326 valence electrons. The molecule has 0 aliphatic rings. The summed E-state index contributed by atoms with van der Waals surface area (Å²) in [6.07, 6.45) is 43.8. The van der Waals surface area contributed by atoms with E-state index in [0.29, 0.717) is 19.3 Å². The maximum absolute atomic E-state index is 12.7. The zero-order valence-electron chi connectivity index (χ0n) is 37.4. The van der Waals surface area contributed by atoms with Crippen molar-refractivity contribution in [2.75, 3.05) is 13.2 Å². The van der Waals surface area contributed by atoms with E-state index >= 15 is 0 Å². The number of carbonyl (C=O) groups excluding carboxylic acids is 3. The smallest absolute Gasteiger partial charge is 0.306 e. The van der Waals surface area contributed by atoms with Crippen molar-refractivity contribution in [3.63, 3.8) is 0 Å². The van der Waals surface area contributed by atoms with E-state index in [2.05, 4.69) is 27.7 Å². The molecule has 1 atom stereocenters. The van der Waals surface area contributed by atoms with Gasteiger partial charge in [0, 0.05) is 19.3 Å². The first kappa shape index (κ1) is 53.4. The summed E-state index contributed by atoms with van der Waals surface area (Å²) in [5.74, 6) is -0.0115. The van der Waals surface area contributed by atoms with Gasteiger partial charge in [0.25, 0.3) is 0 Å². The van der Waals surface area contributed by atoms with Gasteiger partial charge in [-0.2, -0.15) is 0 Å². The topological polar surface area (TPSA) is 78.9 Å². The fourth-order valence-corrected chi connectivity index (χ4v) is 7.33. The Bertz CT molecular complexity index is 826. The number of ether oxygens (including phenoxy) is 3. The molecule has 0 N–H and O–H groups in total. The van der Waals surface area contributed by atoms with Gasteiger partial charge in [-0.25, -0.2) is 0 Å². The zero-order chi connectivity index (χ0) is 40.3. The predicted molar refractivity (Wildman–Crippen MR) is 233 cm³/mol. The van der Waals surface area contributed by atoms with Crippen molar-refractivity contribution in [1.29, 1.82) is 0 Å². The molecule has 0 spiro atoms. The Balaban J connectivity index is 4.22. The van der Waals surface area contributed by atoms with Gasteiger partial charge in [0.2, 0.25) is 0 Å². The van der Waals surface area contributed by atoms with Crippen LogP contribution in [0, 0.1) is 5.92 Å². The van der Waals surface area contributed by atoms with Gasteiger partial charge in [0.05, 0.1) is 0 Å². The number of hydrogen-bond acceptors (Lipinski definition) is 6. The SMILES string of the molecule is CCCCCCCCCCCCCCCC(=O)OC[C@H](COC(=O)CCCCCCCCC)OC(=O)CCCCCCCCCCCCCCCCC(C)C. The Morgan fingerprint density at radius 3 is 0.891 bits per heavy atom. The van der Waals surface area contributed by atoms with Crippen LogP contribution in [0.5, 0.6) is 0 Å². The van der Waals surface area contributed by atoms with Crippen LogP contribution in [0.1, 0.15) is 272 Å². The standard InChI is InChI=1S/C49H94O6/c1-5-7-9-11-13-14-15-18-22-25-29-33-37-41-48(51)54-44-46(43-53-47(50)40-36-32-27-12-10-8-6-2)55-49(52)42-38-34-30-26-23-20-17-16-19-21-24-28-31-35-39-45(3)4/h45-46H,5-44H2,1-4H3/t46-/m0/s1. The number of hydrogen-bond donors (Lipinski definition) is 0. The highest BCUT2D eigenvalue weighted by atomic mass is 16.6. The molecule has 6 heteroatoms. The predicted octanol–water partition coefficient (Wildman–Crippen LogP) is 15.5. The molecule has 0 aliphatic heterocycles. The van der Waals surface area contributed by atoms with E-state index in [-0.39, 0.29) is 31.1 Å². The highest BCUT2D eigenvalue weighted by Gasteiger charge is 2.19. The molecule has 0 aromatic carbocycles. The van der Waals surface area contributed by atoms with Crippen LogP contribution in [0.2, 0.25) is 0 Å². The van der Waals surface area contributed by atoms with Crippen LogP contribution in [0.4, 0.5) is 0 Å².